The van der Waals surface area contributed by atoms with E-state index in [0.717, 1.165) is 18.7 Å². The summed E-state index contributed by atoms with van der Waals surface area (Å²) in [6.45, 7) is 7.22. The van der Waals surface area contributed by atoms with Crippen LogP contribution >= 0.6 is 11.3 Å². The minimum absolute atomic E-state index is 0.0380. The van der Waals surface area contributed by atoms with Crippen molar-refractivity contribution in [3.8, 4) is 0 Å². The standard InChI is InChI=1S/C12H19N5S/c1-4-5-17-10(7-14-16-17)12(15-13)11-6-8(2)9(3)18-11/h6-7,12,15H,4-5,13H2,1-3H3. The van der Waals surface area contributed by atoms with Crippen LogP contribution in [0.5, 0.6) is 0 Å². The van der Waals surface area contributed by atoms with Crippen LogP contribution < -0.4 is 11.3 Å². The van der Waals surface area contributed by atoms with Crippen LogP contribution in [0.2, 0.25) is 0 Å². The number of thiophene rings is 1. The predicted molar refractivity (Wildman–Crippen MR) is 73.3 cm³/mol. The third-order valence-corrected chi connectivity index (χ3v) is 4.23. The molecular weight excluding hydrogens is 246 g/mol. The Morgan fingerprint density at radius 2 is 2.28 bits per heavy atom. The van der Waals surface area contributed by atoms with Gasteiger partial charge in [0.15, 0.2) is 0 Å². The topological polar surface area (TPSA) is 68.8 Å². The largest absolute Gasteiger partial charge is 0.270 e. The van der Waals surface area contributed by atoms with Gasteiger partial charge in [0.2, 0.25) is 0 Å². The van der Waals surface area contributed by atoms with Crippen LogP contribution in [0.15, 0.2) is 12.3 Å². The van der Waals surface area contributed by atoms with Crippen molar-refractivity contribution in [2.75, 3.05) is 0 Å². The summed E-state index contributed by atoms with van der Waals surface area (Å²) in [5.41, 5.74) is 5.18. The lowest BCUT2D eigenvalue weighted by atomic mass is 10.1. The number of rotatable bonds is 5. The second-order valence-electron chi connectivity index (χ2n) is 4.37. The van der Waals surface area contributed by atoms with Gasteiger partial charge in [0.1, 0.15) is 0 Å². The lowest BCUT2D eigenvalue weighted by Crippen LogP contribution is -2.30. The Kier molecular flexibility index (Phi) is 4.11. The smallest absolute Gasteiger partial charge is 0.0986 e. The molecule has 3 N–H and O–H groups in total. The van der Waals surface area contributed by atoms with Crippen LogP contribution in [0.25, 0.3) is 0 Å². The molecule has 18 heavy (non-hydrogen) atoms. The molecule has 0 radical (unpaired) electrons. The molecule has 6 heteroatoms. The molecule has 0 spiro atoms. The molecular formula is C12H19N5S. The van der Waals surface area contributed by atoms with Gasteiger partial charge in [-0.3, -0.25) is 5.84 Å². The Morgan fingerprint density at radius 1 is 1.50 bits per heavy atom. The van der Waals surface area contributed by atoms with E-state index < -0.39 is 0 Å². The van der Waals surface area contributed by atoms with E-state index in [-0.39, 0.29) is 6.04 Å². The summed E-state index contributed by atoms with van der Waals surface area (Å²) in [4.78, 5) is 2.52. The first kappa shape index (κ1) is 13.2. The second kappa shape index (κ2) is 5.60. The van der Waals surface area contributed by atoms with E-state index in [1.54, 1.807) is 17.5 Å². The molecule has 0 aliphatic rings. The zero-order valence-corrected chi connectivity index (χ0v) is 11.8. The molecule has 5 nitrogen and oxygen atoms in total. The second-order valence-corrected chi connectivity index (χ2v) is 5.66. The van der Waals surface area contributed by atoms with Crippen LogP contribution in [-0.4, -0.2) is 15.0 Å². The number of hydrogen-bond acceptors (Lipinski definition) is 5. The maximum Gasteiger partial charge on any atom is 0.0986 e. The number of aromatic nitrogens is 3. The van der Waals surface area contributed by atoms with Crippen LogP contribution in [0.4, 0.5) is 0 Å². The third kappa shape index (κ3) is 2.45. The Hall–Kier alpha value is -1.24. The highest BCUT2D eigenvalue weighted by molar-refractivity contribution is 7.12. The molecule has 0 fully saturated rings. The summed E-state index contributed by atoms with van der Waals surface area (Å²) >= 11 is 1.76. The summed E-state index contributed by atoms with van der Waals surface area (Å²) in [7, 11) is 0. The normalized spacial score (nSPS) is 12.9. The van der Waals surface area contributed by atoms with Gasteiger partial charge in [-0.2, -0.15) is 0 Å². The average Bonchev–Trinajstić information content (AvgIpc) is 2.90. The minimum atomic E-state index is -0.0380. The average molecular weight is 265 g/mol. The predicted octanol–water partition coefficient (Wildman–Crippen LogP) is 1.92. The van der Waals surface area contributed by atoms with Crippen LogP contribution in [0, 0.1) is 13.8 Å². The molecule has 0 aliphatic heterocycles. The van der Waals surface area contributed by atoms with Gasteiger partial charge in [0.25, 0.3) is 0 Å². The van der Waals surface area contributed by atoms with Gasteiger partial charge in [-0.15, -0.1) is 16.4 Å². The molecule has 2 aromatic heterocycles. The van der Waals surface area contributed by atoms with Gasteiger partial charge in [0.05, 0.1) is 17.9 Å². The highest BCUT2D eigenvalue weighted by Crippen LogP contribution is 2.29. The first-order valence-corrected chi connectivity index (χ1v) is 6.90. The fourth-order valence-electron chi connectivity index (χ4n) is 1.93. The highest BCUT2D eigenvalue weighted by atomic mass is 32.1. The lowest BCUT2D eigenvalue weighted by molar-refractivity contribution is 0.515. The minimum Gasteiger partial charge on any atom is -0.270 e. The van der Waals surface area contributed by atoms with Crippen molar-refractivity contribution in [1.29, 1.82) is 0 Å². The number of nitrogens with zero attached hydrogens (tertiary/aromatic N) is 3. The van der Waals surface area contributed by atoms with Crippen LogP contribution in [-0.2, 0) is 6.54 Å². The number of nitrogens with one attached hydrogen (secondary N) is 1. The van der Waals surface area contributed by atoms with Crippen molar-refractivity contribution < 1.29 is 0 Å². The van der Waals surface area contributed by atoms with Crippen LogP contribution in [0.3, 0.4) is 0 Å². The van der Waals surface area contributed by atoms with Crippen molar-refractivity contribution in [2.24, 2.45) is 5.84 Å². The number of aryl methyl sites for hydroxylation is 3. The fourth-order valence-corrected chi connectivity index (χ4v) is 3.05. The molecule has 98 valence electrons. The van der Waals surface area contributed by atoms with E-state index in [1.165, 1.54) is 15.3 Å². The molecule has 2 rings (SSSR count). The quantitative estimate of drug-likeness (QED) is 0.640. The summed E-state index contributed by atoms with van der Waals surface area (Å²) in [5, 5.41) is 8.09. The zero-order chi connectivity index (χ0) is 13.1. The van der Waals surface area contributed by atoms with E-state index in [2.05, 4.69) is 42.6 Å². The lowest BCUT2D eigenvalue weighted by Gasteiger charge is -2.15. The van der Waals surface area contributed by atoms with Gasteiger partial charge in [-0.25, -0.2) is 10.1 Å². The van der Waals surface area contributed by atoms with E-state index in [4.69, 9.17) is 5.84 Å². The molecule has 0 aliphatic carbocycles. The van der Waals surface area contributed by atoms with Gasteiger partial charge < -0.3 is 0 Å². The molecule has 0 bridgehead atoms. The maximum absolute atomic E-state index is 5.71. The fraction of sp³-hybridized carbons (Fsp3) is 0.500. The number of hydrazine groups is 1. The molecule has 1 unspecified atom stereocenters. The molecule has 2 heterocycles. The van der Waals surface area contributed by atoms with Gasteiger partial charge in [0, 0.05) is 16.3 Å². The molecule has 2 aromatic rings. The summed E-state index contributed by atoms with van der Waals surface area (Å²) in [5.74, 6) is 5.71. The molecule has 0 amide bonds. The number of nitrogens with two attached hydrogens (primary N) is 1. The van der Waals surface area contributed by atoms with Crippen LogP contribution in [0.1, 0.15) is 40.4 Å². The van der Waals surface area contributed by atoms with Gasteiger partial charge in [-0.05, 0) is 31.9 Å². The highest BCUT2D eigenvalue weighted by Gasteiger charge is 2.20. The zero-order valence-electron chi connectivity index (χ0n) is 11.0. The van der Waals surface area contributed by atoms with Crippen molar-refractivity contribution >= 4 is 11.3 Å². The van der Waals surface area contributed by atoms with Crippen molar-refractivity contribution in [2.45, 2.75) is 39.8 Å². The third-order valence-electron chi connectivity index (χ3n) is 3.02. The molecule has 0 aromatic carbocycles. The Balaban J connectivity index is 2.35. The van der Waals surface area contributed by atoms with E-state index in [9.17, 15) is 0 Å². The van der Waals surface area contributed by atoms with Gasteiger partial charge >= 0.3 is 0 Å². The Labute approximate surface area is 111 Å². The van der Waals surface area contributed by atoms with Gasteiger partial charge in [-0.1, -0.05) is 12.1 Å². The van der Waals surface area contributed by atoms with Crippen molar-refractivity contribution in [3.05, 3.63) is 33.3 Å². The maximum atomic E-state index is 5.71. The van der Waals surface area contributed by atoms with E-state index in [0.29, 0.717) is 0 Å². The number of hydrogen-bond donors (Lipinski definition) is 2. The summed E-state index contributed by atoms with van der Waals surface area (Å²) in [6, 6.07) is 2.14. The van der Waals surface area contributed by atoms with Crippen molar-refractivity contribution in [3.63, 3.8) is 0 Å². The SMILES string of the molecule is CCCn1nncc1C(NN)c1cc(C)c(C)s1. The van der Waals surface area contributed by atoms with E-state index >= 15 is 0 Å². The molecule has 0 saturated heterocycles. The Bertz CT molecular complexity index is 497. The molecule has 0 saturated carbocycles. The van der Waals surface area contributed by atoms with Crippen molar-refractivity contribution in [1.82, 2.24) is 20.4 Å². The summed E-state index contributed by atoms with van der Waals surface area (Å²) < 4.78 is 1.91. The first-order valence-electron chi connectivity index (χ1n) is 6.08. The Morgan fingerprint density at radius 3 is 2.83 bits per heavy atom. The van der Waals surface area contributed by atoms with E-state index in [1.807, 2.05) is 4.68 Å². The molecule has 1 atom stereocenters. The summed E-state index contributed by atoms with van der Waals surface area (Å²) in [6.07, 6.45) is 2.81. The monoisotopic (exact) mass is 265 g/mol. The first-order chi connectivity index (χ1) is 8.67.